The molecule has 1 aliphatic rings. The molecule has 1 aliphatic heterocycles. The van der Waals surface area contributed by atoms with Crippen molar-refractivity contribution in [2.24, 2.45) is 0 Å². The molecule has 0 aliphatic carbocycles. The summed E-state index contributed by atoms with van der Waals surface area (Å²) in [6, 6.07) is 6.05. The van der Waals surface area contributed by atoms with E-state index in [1.807, 2.05) is 18.2 Å². The molecule has 1 aromatic rings. The summed E-state index contributed by atoms with van der Waals surface area (Å²) in [5.74, 6) is 0. The molecule has 118 valence electrons. The number of rotatable bonds is 6. The number of nitrogens with zero attached hydrogens (tertiary/aromatic N) is 1. The SMILES string of the molecule is OCCC1CCCCN1CCC(O)c1ccc(Br)cc1Cl. The van der Waals surface area contributed by atoms with Crippen LogP contribution in [0.15, 0.2) is 22.7 Å². The van der Waals surface area contributed by atoms with Crippen LogP contribution in [0.3, 0.4) is 0 Å². The Morgan fingerprint density at radius 2 is 2.19 bits per heavy atom. The lowest BCUT2D eigenvalue weighted by Gasteiger charge is -2.36. The minimum Gasteiger partial charge on any atom is -0.396 e. The van der Waals surface area contributed by atoms with Gasteiger partial charge in [0.25, 0.3) is 0 Å². The second kappa shape index (κ2) is 8.49. The van der Waals surface area contributed by atoms with Gasteiger partial charge in [-0.05, 0) is 49.9 Å². The van der Waals surface area contributed by atoms with Gasteiger partial charge >= 0.3 is 0 Å². The molecule has 21 heavy (non-hydrogen) atoms. The van der Waals surface area contributed by atoms with Crippen molar-refractivity contribution in [1.82, 2.24) is 4.90 Å². The van der Waals surface area contributed by atoms with E-state index >= 15 is 0 Å². The predicted octanol–water partition coefficient (Wildman–Crippen LogP) is 3.76. The van der Waals surface area contributed by atoms with Crippen LogP contribution < -0.4 is 0 Å². The fourth-order valence-corrected chi connectivity index (χ4v) is 3.85. The van der Waals surface area contributed by atoms with E-state index < -0.39 is 6.10 Å². The van der Waals surface area contributed by atoms with Gasteiger partial charge in [-0.15, -0.1) is 0 Å². The van der Waals surface area contributed by atoms with E-state index in [9.17, 15) is 5.11 Å². The van der Waals surface area contributed by atoms with Gasteiger partial charge in [-0.25, -0.2) is 0 Å². The standard InChI is InChI=1S/C16H23BrClNO2/c17-12-4-5-14(15(18)11-12)16(21)6-9-19-8-2-1-3-13(19)7-10-20/h4-5,11,13,16,20-21H,1-3,6-10H2. The molecule has 1 aromatic carbocycles. The molecule has 0 amide bonds. The van der Waals surface area contributed by atoms with E-state index in [1.165, 1.54) is 12.8 Å². The number of halogens is 2. The molecule has 5 heteroatoms. The highest BCUT2D eigenvalue weighted by atomic mass is 79.9. The van der Waals surface area contributed by atoms with Crippen molar-refractivity contribution in [3.05, 3.63) is 33.3 Å². The third-order valence-corrected chi connectivity index (χ3v) is 5.04. The van der Waals surface area contributed by atoms with E-state index in [0.29, 0.717) is 17.5 Å². The van der Waals surface area contributed by atoms with Crippen LogP contribution in [0.25, 0.3) is 0 Å². The van der Waals surface area contributed by atoms with Crippen molar-refractivity contribution in [2.45, 2.75) is 44.2 Å². The molecule has 0 aromatic heterocycles. The lowest BCUT2D eigenvalue weighted by molar-refractivity contribution is 0.0892. The van der Waals surface area contributed by atoms with Crippen molar-refractivity contribution in [1.29, 1.82) is 0 Å². The zero-order chi connectivity index (χ0) is 15.2. The Bertz CT molecular complexity index is 456. The lowest BCUT2D eigenvalue weighted by atomic mass is 9.98. The first kappa shape index (κ1) is 17.2. The molecule has 0 saturated carbocycles. The second-order valence-corrected chi connectivity index (χ2v) is 6.99. The summed E-state index contributed by atoms with van der Waals surface area (Å²) in [5, 5.41) is 20.1. The third kappa shape index (κ3) is 4.93. The van der Waals surface area contributed by atoms with Crippen LogP contribution in [0.5, 0.6) is 0 Å². The fourth-order valence-electron chi connectivity index (χ4n) is 3.05. The Labute approximate surface area is 140 Å². The molecule has 0 bridgehead atoms. The molecule has 2 rings (SSSR count). The first-order chi connectivity index (χ1) is 10.1. The third-order valence-electron chi connectivity index (χ3n) is 4.22. The van der Waals surface area contributed by atoms with Gasteiger partial charge in [0.1, 0.15) is 0 Å². The summed E-state index contributed by atoms with van der Waals surface area (Å²) >= 11 is 9.56. The average Bonchev–Trinajstić information content (AvgIpc) is 2.46. The van der Waals surface area contributed by atoms with Gasteiger partial charge in [-0.3, -0.25) is 0 Å². The predicted molar refractivity (Wildman–Crippen MR) is 89.6 cm³/mol. The molecule has 3 nitrogen and oxygen atoms in total. The van der Waals surface area contributed by atoms with E-state index in [4.69, 9.17) is 16.7 Å². The van der Waals surface area contributed by atoms with Crippen LogP contribution in [0.1, 0.15) is 43.8 Å². The highest BCUT2D eigenvalue weighted by molar-refractivity contribution is 9.10. The normalized spacial score (nSPS) is 21.4. The molecule has 2 atom stereocenters. The van der Waals surface area contributed by atoms with Gasteiger partial charge in [-0.2, -0.15) is 0 Å². The maximum Gasteiger partial charge on any atom is 0.0816 e. The number of hydrogen-bond acceptors (Lipinski definition) is 3. The smallest absolute Gasteiger partial charge is 0.0816 e. The molecule has 0 spiro atoms. The summed E-state index contributed by atoms with van der Waals surface area (Å²) in [6.45, 7) is 2.14. The minimum atomic E-state index is -0.540. The summed E-state index contributed by atoms with van der Waals surface area (Å²) in [4.78, 5) is 2.40. The van der Waals surface area contributed by atoms with E-state index in [0.717, 1.165) is 36.0 Å². The molecular weight excluding hydrogens is 354 g/mol. The number of hydrogen-bond donors (Lipinski definition) is 2. The zero-order valence-corrected chi connectivity index (χ0v) is 14.5. The monoisotopic (exact) mass is 375 g/mol. The molecule has 1 saturated heterocycles. The van der Waals surface area contributed by atoms with Crippen LogP contribution in [0, 0.1) is 0 Å². The minimum absolute atomic E-state index is 0.238. The Morgan fingerprint density at radius 1 is 1.38 bits per heavy atom. The van der Waals surface area contributed by atoms with Gasteiger partial charge in [0.2, 0.25) is 0 Å². The van der Waals surface area contributed by atoms with Crippen LogP contribution in [0.4, 0.5) is 0 Å². The Morgan fingerprint density at radius 3 is 2.90 bits per heavy atom. The Balaban J connectivity index is 1.91. The largest absolute Gasteiger partial charge is 0.396 e. The van der Waals surface area contributed by atoms with E-state index in [1.54, 1.807) is 0 Å². The van der Waals surface area contributed by atoms with Crippen molar-refractivity contribution in [2.75, 3.05) is 19.7 Å². The van der Waals surface area contributed by atoms with Crippen molar-refractivity contribution >= 4 is 27.5 Å². The first-order valence-electron chi connectivity index (χ1n) is 7.59. The van der Waals surface area contributed by atoms with E-state index in [-0.39, 0.29) is 6.61 Å². The lowest BCUT2D eigenvalue weighted by Crippen LogP contribution is -2.41. The van der Waals surface area contributed by atoms with Crippen molar-refractivity contribution in [3.63, 3.8) is 0 Å². The van der Waals surface area contributed by atoms with Gasteiger partial charge in [0, 0.05) is 28.7 Å². The van der Waals surface area contributed by atoms with Crippen LogP contribution in [0.2, 0.25) is 5.02 Å². The van der Waals surface area contributed by atoms with Crippen LogP contribution >= 0.6 is 27.5 Å². The highest BCUT2D eigenvalue weighted by Gasteiger charge is 2.23. The molecule has 1 fully saturated rings. The fraction of sp³-hybridized carbons (Fsp3) is 0.625. The van der Waals surface area contributed by atoms with E-state index in [2.05, 4.69) is 20.8 Å². The number of aliphatic hydroxyl groups excluding tert-OH is 2. The molecule has 2 unspecified atom stereocenters. The topological polar surface area (TPSA) is 43.7 Å². The van der Waals surface area contributed by atoms with Crippen molar-refractivity contribution < 1.29 is 10.2 Å². The number of likely N-dealkylation sites (tertiary alicyclic amines) is 1. The van der Waals surface area contributed by atoms with Crippen LogP contribution in [-0.4, -0.2) is 40.9 Å². The van der Waals surface area contributed by atoms with Gasteiger partial charge in [0.05, 0.1) is 6.10 Å². The number of benzene rings is 1. The summed E-state index contributed by atoms with van der Waals surface area (Å²) in [5.41, 5.74) is 0.788. The Kier molecular flexibility index (Phi) is 6.96. The zero-order valence-electron chi connectivity index (χ0n) is 12.1. The maximum atomic E-state index is 10.4. The van der Waals surface area contributed by atoms with Gasteiger partial charge in [0.15, 0.2) is 0 Å². The molecule has 2 N–H and O–H groups in total. The second-order valence-electron chi connectivity index (χ2n) is 5.67. The quantitative estimate of drug-likeness (QED) is 0.794. The molecular formula is C16H23BrClNO2. The average molecular weight is 377 g/mol. The molecule has 0 radical (unpaired) electrons. The molecule has 1 heterocycles. The highest BCUT2D eigenvalue weighted by Crippen LogP contribution is 2.29. The van der Waals surface area contributed by atoms with Gasteiger partial charge < -0.3 is 15.1 Å². The first-order valence-corrected chi connectivity index (χ1v) is 8.77. The summed E-state index contributed by atoms with van der Waals surface area (Å²) in [6.07, 6.45) is 4.55. The maximum absolute atomic E-state index is 10.4. The Hall–Kier alpha value is -0.130. The van der Waals surface area contributed by atoms with Gasteiger partial charge in [-0.1, -0.05) is 40.0 Å². The van der Waals surface area contributed by atoms with Crippen molar-refractivity contribution in [3.8, 4) is 0 Å². The summed E-state index contributed by atoms with van der Waals surface area (Å²) < 4.78 is 0.919. The number of aliphatic hydroxyl groups is 2. The number of piperidine rings is 1. The van der Waals surface area contributed by atoms with Crippen LogP contribution in [-0.2, 0) is 0 Å². The summed E-state index contributed by atoms with van der Waals surface area (Å²) in [7, 11) is 0.